The highest BCUT2D eigenvalue weighted by Crippen LogP contribution is 2.33. The minimum absolute atomic E-state index is 0.151. The molecule has 30 heavy (non-hydrogen) atoms. The number of anilines is 1. The van der Waals surface area contributed by atoms with Gasteiger partial charge in [0.2, 0.25) is 5.91 Å². The second-order valence-corrected chi connectivity index (χ2v) is 9.77. The van der Waals surface area contributed by atoms with Crippen LogP contribution in [0.25, 0.3) is 0 Å². The van der Waals surface area contributed by atoms with Gasteiger partial charge in [-0.2, -0.15) is 0 Å². The minimum Gasteiger partial charge on any atom is -0.492 e. The topological polar surface area (TPSA) is 66.9 Å². The molecule has 3 rings (SSSR count). The molecule has 0 aromatic heterocycles. The first-order valence-electron chi connectivity index (χ1n) is 10.1. The summed E-state index contributed by atoms with van der Waals surface area (Å²) in [4.78, 5) is 15.9. The molecule has 0 atom stereocenters. The zero-order valence-corrected chi connectivity index (χ0v) is 19.0. The average molecular weight is 449 g/mol. The van der Waals surface area contributed by atoms with Crippen molar-refractivity contribution in [3.05, 3.63) is 48.5 Å². The average Bonchev–Trinajstić information content (AvgIpc) is 2.78. The molecule has 0 bridgehead atoms. The molecular formula is C22H28N2O4S2. The van der Waals surface area contributed by atoms with Gasteiger partial charge in [0.05, 0.1) is 17.2 Å². The summed E-state index contributed by atoms with van der Waals surface area (Å²) in [5.74, 6) is 0.251. The number of para-hydroxylation sites is 2. The van der Waals surface area contributed by atoms with E-state index in [0.717, 1.165) is 24.2 Å². The number of hydrogen-bond acceptors (Lipinski definition) is 5. The molecule has 0 radical (unpaired) electrons. The number of carbonyl (C=O) groups is 1. The van der Waals surface area contributed by atoms with Crippen LogP contribution < -0.4 is 9.04 Å². The lowest BCUT2D eigenvalue weighted by molar-refractivity contribution is -0.130. The SMILES string of the molecule is CCOc1ccccc1N(CC(=O)N1CCCCC1)S(=O)(=O)c1ccc(SC)cc1. The standard InChI is InChI=1S/C22H28N2O4S2/c1-3-28-21-10-6-5-9-20(21)24(17-22(25)23-15-7-4-8-16-23)30(26,27)19-13-11-18(29-2)12-14-19/h5-6,9-14H,3-4,7-8,15-17H2,1-2H3. The van der Waals surface area contributed by atoms with Crippen molar-refractivity contribution >= 4 is 33.4 Å². The molecule has 0 aliphatic carbocycles. The van der Waals surface area contributed by atoms with E-state index in [9.17, 15) is 13.2 Å². The van der Waals surface area contributed by atoms with Crippen LogP contribution in [-0.2, 0) is 14.8 Å². The molecule has 2 aromatic rings. The van der Waals surface area contributed by atoms with Gasteiger partial charge in [-0.3, -0.25) is 9.10 Å². The third-order valence-corrected chi connectivity index (χ3v) is 7.59. The van der Waals surface area contributed by atoms with Gasteiger partial charge in [0, 0.05) is 18.0 Å². The van der Waals surface area contributed by atoms with E-state index in [1.165, 1.54) is 4.31 Å². The van der Waals surface area contributed by atoms with Crippen LogP contribution in [0.3, 0.4) is 0 Å². The van der Waals surface area contributed by atoms with Crippen LogP contribution in [0.2, 0.25) is 0 Å². The van der Waals surface area contributed by atoms with Gasteiger partial charge < -0.3 is 9.64 Å². The second-order valence-electron chi connectivity index (χ2n) is 7.03. The molecule has 8 heteroatoms. The Bertz CT molecular complexity index is 955. The van der Waals surface area contributed by atoms with Gasteiger partial charge in [-0.15, -0.1) is 11.8 Å². The summed E-state index contributed by atoms with van der Waals surface area (Å²) in [6, 6.07) is 13.7. The van der Waals surface area contributed by atoms with Gasteiger partial charge in [0.1, 0.15) is 12.3 Å². The quantitative estimate of drug-likeness (QED) is 0.571. The summed E-state index contributed by atoms with van der Waals surface area (Å²) in [6.45, 7) is 3.32. The Balaban J connectivity index is 2.01. The van der Waals surface area contributed by atoms with Crippen molar-refractivity contribution in [1.82, 2.24) is 4.90 Å². The van der Waals surface area contributed by atoms with Crippen LogP contribution in [0.15, 0.2) is 58.3 Å². The van der Waals surface area contributed by atoms with Gasteiger partial charge in [-0.05, 0) is 68.8 Å². The highest BCUT2D eigenvalue weighted by molar-refractivity contribution is 7.98. The first-order valence-corrected chi connectivity index (χ1v) is 12.8. The first-order chi connectivity index (χ1) is 14.5. The molecule has 0 spiro atoms. The van der Waals surface area contributed by atoms with Crippen molar-refractivity contribution in [1.29, 1.82) is 0 Å². The fourth-order valence-corrected chi connectivity index (χ4v) is 5.31. The molecule has 162 valence electrons. The van der Waals surface area contributed by atoms with E-state index in [1.807, 2.05) is 13.2 Å². The van der Waals surface area contributed by atoms with Crippen molar-refractivity contribution in [2.75, 3.05) is 36.8 Å². The lowest BCUT2D eigenvalue weighted by atomic mass is 10.1. The number of likely N-dealkylation sites (tertiary alicyclic amines) is 1. The largest absolute Gasteiger partial charge is 0.492 e. The molecule has 0 saturated carbocycles. The number of benzene rings is 2. The predicted octanol–water partition coefficient (Wildman–Crippen LogP) is 4.02. The van der Waals surface area contributed by atoms with Crippen molar-refractivity contribution < 1.29 is 17.9 Å². The number of amides is 1. The Labute approximate surface area is 183 Å². The maximum absolute atomic E-state index is 13.6. The van der Waals surface area contributed by atoms with Crippen molar-refractivity contribution in [3.63, 3.8) is 0 Å². The summed E-state index contributed by atoms with van der Waals surface area (Å²) >= 11 is 1.54. The Morgan fingerprint density at radius 3 is 2.37 bits per heavy atom. The second kappa shape index (κ2) is 10.2. The number of thioether (sulfide) groups is 1. The van der Waals surface area contributed by atoms with E-state index in [1.54, 1.807) is 65.2 Å². The molecule has 1 amide bonds. The fraction of sp³-hybridized carbons (Fsp3) is 0.409. The predicted molar refractivity (Wildman–Crippen MR) is 121 cm³/mol. The molecule has 1 saturated heterocycles. The van der Waals surface area contributed by atoms with E-state index in [2.05, 4.69) is 0 Å². The Morgan fingerprint density at radius 2 is 1.73 bits per heavy atom. The van der Waals surface area contributed by atoms with Crippen molar-refractivity contribution in [2.24, 2.45) is 0 Å². The monoisotopic (exact) mass is 448 g/mol. The summed E-state index contributed by atoms with van der Waals surface area (Å²) in [6.07, 6.45) is 4.93. The number of nitrogens with zero attached hydrogens (tertiary/aromatic N) is 2. The lowest BCUT2D eigenvalue weighted by Crippen LogP contribution is -2.45. The van der Waals surface area contributed by atoms with E-state index in [0.29, 0.717) is 31.1 Å². The highest BCUT2D eigenvalue weighted by atomic mass is 32.2. The zero-order valence-electron chi connectivity index (χ0n) is 17.4. The molecule has 1 fully saturated rings. The van der Waals surface area contributed by atoms with Crippen LogP contribution >= 0.6 is 11.8 Å². The summed E-state index contributed by atoms with van der Waals surface area (Å²) in [5.41, 5.74) is 0.374. The molecule has 1 aliphatic heterocycles. The molecule has 0 N–H and O–H groups in total. The van der Waals surface area contributed by atoms with E-state index >= 15 is 0 Å². The third kappa shape index (κ3) is 5.10. The molecule has 1 aliphatic rings. The Kier molecular flexibility index (Phi) is 7.66. The molecule has 6 nitrogen and oxygen atoms in total. The van der Waals surface area contributed by atoms with Crippen molar-refractivity contribution in [3.8, 4) is 5.75 Å². The zero-order chi connectivity index (χ0) is 21.6. The van der Waals surface area contributed by atoms with Crippen LogP contribution in [0, 0.1) is 0 Å². The molecular weight excluding hydrogens is 420 g/mol. The van der Waals surface area contributed by atoms with Gasteiger partial charge in [-0.1, -0.05) is 12.1 Å². The van der Waals surface area contributed by atoms with E-state index < -0.39 is 10.0 Å². The van der Waals surface area contributed by atoms with Crippen LogP contribution in [0.1, 0.15) is 26.2 Å². The maximum atomic E-state index is 13.6. The van der Waals surface area contributed by atoms with Gasteiger partial charge >= 0.3 is 0 Å². The van der Waals surface area contributed by atoms with Gasteiger partial charge in [0.25, 0.3) is 10.0 Å². The third-order valence-electron chi connectivity index (χ3n) is 5.07. The van der Waals surface area contributed by atoms with Gasteiger partial charge in [0.15, 0.2) is 0 Å². The van der Waals surface area contributed by atoms with Gasteiger partial charge in [-0.25, -0.2) is 8.42 Å². The number of ether oxygens (including phenoxy) is 1. The first kappa shape index (κ1) is 22.5. The number of rotatable bonds is 8. The highest BCUT2D eigenvalue weighted by Gasteiger charge is 2.31. The van der Waals surface area contributed by atoms with Crippen molar-refractivity contribution in [2.45, 2.75) is 36.0 Å². The fourth-order valence-electron chi connectivity index (χ4n) is 3.48. The Hall–Kier alpha value is -2.19. The summed E-state index contributed by atoms with van der Waals surface area (Å²) < 4.78 is 34.1. The summed E-state index contributed by atoms with van der Waals surface area (Å²) in [7, 11) is -3.96. The number of piperidine rings is 1. The van der Waals surface area contributed by atoms with E-state index in [4.69, 9.17) is 4.74 Å². The lowest BCUT2D eigenvalue weighted by Gasteiger charge is -2.31. The van der Waals surface area contributed by atoms with E-state index in [-0.39, 0.29) is 17.3 Å². The molecule has 2 aromatic carbocycles. The number of hydrogen-bond donors (Lipinski definition) is 0. The molecule has 0 unspecified atom stereocenters. The number of sulfonamides is 1. The smallest absolute Gasteiger partial charge is 0.264 e. The van der Waals surface area contributed by atoms with Crippen LogP contribution in [0.5, 0.6) is 5.75 Å². The maximum Gasteiger partial charge on any atom is 0.264 e. The van der Waals surface area contributed by atoms with Crippen LogP contribution in [-0.4, -0.2) is 51.7 Å². The summed E-state index contributed by atoms with van der Waals surface area (Å²) in [5, 5.41) is 0. The molecule has 1 heterocycles. The Morgan fingerprint density at radius 1 is 1.07 bits per heavy atom. The minimum atomic E-state index is -3.96. The number of carbonyl (C=O) groups excluding carboxylic acids is 1. The normalized spacial score (nSPS) is 14.4. The van der Waals surface area contributed by atoms with Crippen LogP contribution in [0.4, 0.5) is 5.69 Å².